The Morgan fingerprint density at radius 1 is 1.25 bits per heavy atom. The number of carbonyl (C=O) groups excluding carboxylic acids is 1. The van der Waals surface area contributed by atoms with E-state index in [1.807, 2.05) is 36.2 Å². The smallest absolute Gasteiger partial charge is 0.246 e. The van der Waals surface area contributed by atoms with E-state index < -0.39 is 0 Å². The van der Waals surface area contributed by atoms with Gasteiger partial charge in [-0.2, -0.15) is 0 Å². The highest BCUT2D eigenvalue weighted by atomic mass is 16.3. The highest BCUT2D eigenvalue weighted by molar-refractivity contribution is 5.91. The lowest BCUT2D eigenvalue weighted by Crippen LogP contribution is -2.48. The summed E-state index contributed by atoms with van der Waals surface area (Å²) in [4.78, 5) is 20.8. The van der Waals surface area contributed by atoms with Crippen molar-refractivity contribution in [3.8, 4) is 0 Å². The van der Waals surface area contributed by atoms with E-state index >= 15 is 0 Å². The van der Waals surface area contributed by atoms with Crippen molar-refractivity contribution in [3.05, 3.63) is 59.8 Å². The largest absolute Gasteiger partial charge is 0.462 e. The molecule has 0 radical (unpaired) electrons. The van der Waals surface area contributed by atoms with Gasteiger partial charge in [-0.3, -0.25) is 14.7 Å². The third-order valence-electron chi connectivity index (χ3n) is 4.49. The van der Waals surface area contributed by atoms with Gasteiger partial charge in [0.1, 0.15) is 11.5 Å². The van der Waals surface area contributed by atoms with Gasteiger partial charge in [0.15, 0.2) is 0 Å². The van der Waals surface area contributed by atoms with Crippen LogP contribution in [-0.4, -0.2) is 46.9 Å². The number of rotatable bonds is 4. The number of nitrogens with zero attached hydrogens (tertiary/aromatic N) is 3. The topological polar surface area (TPSA) is 49.6 Å². The van der Waals surface area contributed by atoms with E-state index in [4.69, 9.17) is 4.42 Å². The monoisotopic (exact) mass is 325 g/mol. The SMILES string of the molecule is Cc1ccc(/C=C\C(=O)N2CCN([C@H](C)c3cccnc3)CC2)o1. The van der Waals surface area contributed by atoms with Gasteiger partial charge < -0.3 is 9.32 Å². The lowest BCUT2D eigenvalue weighted by atomic mass is 10.1. The van der Waals surface area contributed by atoms with Crippen molar-refractivity contribution in [3.63, 3.8) is 0 Å². The molecule has 1 aliphatic rings. The summed E-state index contributed by atoms with van der Waals surface area (Å²) in [7, 11) is 0. The fourth-order valence-corrected chi connectivity index (χ4v) is 2.97. The van der Waals surface area contributed by atoms with E-state index in [2.05, 4.69) is 22.9 Å². The van der Waals surface area contributed by atoms with E-state index in [0.717, 1.165) is 31.9 Å². The number of hydrogen-bond acceptors (Lipinski definition) is 4. The molecule has 1 amide bonds. The average molecular weight is 325 g/mol. The first-order chi connectivity index (χ1) is 11.6. The van der Waals surface area contributed by atoms with E-state index in [0.29, 0.717) is 11.8 Å². The summed E-state index contributed by atoms with van der Waals surface area (Å²) in [6.07, 6.45) is 7.04. The number of hydrogen-bond donors (Lipinski definition) is 0. The highest BCUT2D eigenvalue weighted by Gasteiger charge is 2.23. The Balaban J connectivity index is 1.53. The highest BCUT2D eigenvalue weighted by Crippen LogP contribution is 2.20. The van der Waals surface area contributed by atoms with Crippen LogP contribution in [0.4, 0.5) is 0 Å². The molecule has 0 aromatic carbocycles. The van der Waals surface area contributed by atoms with Crippen LogP contribution in [0.25, 0.3) is 6.08 Å². The maximum absolute atomic E-state index is 12.3. The van der Waals surface area contributed by atoms with E-state index in [-0.39, 0.29) is 5.91 Å². The van der Waals surface area contributed by atoms with Gasteiger partial charge in [-0.25, -0.2) is 0 Å². The van der Waals surface area contributed by atoms with Crippen molar-refractivity contribution < 1.29 is 9.21 Å². The van der Waals surface area contributed by atoms with Crippen LogP contribution in [0.2, 0.25) is 0 Å². The number of carbonyl (C=O) groups is 1. The Morgan fingerprint density at radius 2 is 2.04 bits per heavy atom. The van der Waals surface area contributed by atoms with Crippen LogP contribution in [0.3, 0.4) is 0 Å². The molecule has 0 unspecified atom stereocenters. The van der Waals surface area contributed by atoms with Gasteiger partial charge >= 0.3 is 0 Å². The molecular formula is C19H23N3O2. The maximum Gasteiger partial charge on any atom is 0.246 e. The van der Waals surface area contributed by atoms with E-state index in [9.17, 15) is 4.79 Å². The number of piperazine rings is 1. The van der Waals surface area contributed by atoms with Crippen LogP contribution >= 0.6 is 0 Å². The minimum absolute atomic E-state index is 0.0396. The molecule has 1 saturated heterocycles. The summed E-state index contributed by atoms with van der Waals surface area (Å²) in [5.74, 6) is 1.60. The predicted molar refractivity (Wildman–Crippen MR) is 93.3 cm³/mol. The Morgan fingerprint density at radius 3 is 2.67 bits per heavy atom. The average Bonchev–Trinajstić information content (AvgIpc) is 3.05. The number of amides is 1. The third-order valence-corrected chi connectivity index (χ3v) is 4.49. The Hall–Kier alpha value is -2.40. The minimum atomic E-state index is 0.0396. The number of aromatic nitrogens is 1. The van der Waals surface area contributed by atoms with Gasteiger partial charge in [-0.1, -0.05) is 6.07 Å². The van der Waals surface area contributed by atoms with Crippen molar-refractivity contribution in [1.82, 2.24) is 14.8 Å². The van der Waals surface area contributed by atoms with Gasteiger partial charge in [0.2, 0.25) is 5.91 Å². The van der Waals surface area contributed by atoms with E-state index in [1.54, 1.807) is 18.3 Å². The van der Waals surface area contributed by atoms with Crippen molar-refractivity contribution in [2.24, 2.45) is 0 Å². The molecule has 0 saturated carbocycles. The lowest BCUT2D eigenvalue weighted by Gasteiger charge is -2.37. The normalized spacial score (nSPS) is 17.3. The zero-order chi connectivity index (χ0) is 16.9. The molecule has 126 valence electrons. The molecule has 5 nitrogen and oxygen atoms in total. The Bertz CT molecular complexity index is 700. The molecule has 0 aliphatic carbocycles. The first-order valence-corrected chi connectivity index (χ1v) is 8.31. The molecule has 1 atom stereocenters. The molecule has 24 heavy (non-hydrogen) atoms. The molecule has 0 bridgehead atoms. The van der Waals surface area contributed by atoms with Crippen molar-refractivity contribution in [2.75, 3.05) is 26.2 Å². The maximum atomic E-state index is 12.3. The molecule has 3 rings (SSSR count). The summed E-state index contributed by atoms with van der Waals surface area (Å²) in [6, 6.07) is 8.14. The molecule has 5 heteroatoms. The van der Waals surface area contributed by atoms with Gasteiger partial charge in [-0.15, -0.1) is 0 Å². The fraction of sp³-hybridized carbons (Fsp3) is 0.368. The summed E-state index contributed by atoms with van der Waals surface area (Å²) in [5.41, 5.74) is 1.21. The standard InChI is InChI=1S/C19H23N3O2/c1-15-5-6-18(24-15)7-8-19(23)22-12-10-21(11-13-22)16(2)17-4-3-9-20-14-17/h3-9,14,16H,10-13H2,1-2H3/b8-7-/t16-/m1/s1. The quantitative estimate of drug-likeness (QED) is 0.811. The lowest BCUT2D eigenvalue weighted by molar-refractivity contribution is -0.127. The van der Waals surface area contributed by atoms with Crippen LogP contribution in [0.1, 0.15) is 30.0 Å². The van der Waals surface area contributed by atoms with Gasteiger partial charge in [0.05, 0.1) is 0 Å². The molecule has 1 fully saturated rings. The summed E-state index contributed by atoms with van der Waals surface area (Å²) in [5, 5.41) is 0. The first-order valence-electron chi connectivity index (χ1n) is 8.31. The molecule has 0 N–H and O–H groups in total. The number of pyridine rings is 1. The van der Waals surface area contributed by atoms with Crippen molar-refractivity contribution in [2.45, 2.75) is 19.9 Å². The molecule has 3 heterocycles. The van der Waals surface area contributed by atoms with Crippen LogP contribution in [-0.2, 0) is 4.79 Å². The predicted octanol–water partition coefficient (Wildman–Crippen LogP) is 2.90. The summed E-state index contributed by atoms with van der Waals surface area (Å²) >= 11 is 0. The Kier molecular flexibility index (Phi) is 5.11. The zero-order valence-corrected chi connectivity index (χ0v) is 14.2. The second-order valence-corrected chi connectivity index (χ2v) is 6.11. The van der Waals surface area contributed by atoms with Crippen molar-refractivity contribution in [1.29, 1.82) is 0 Å². The van der Waals surface area contributed by atoms with Crippen LogP contribution < -0.4 is 0 Å². The second kappa shape index (κ2) is 7.45. The van der Waals surface area contributed by atoms with Crippen LogP contribution in [0.15, 0.2) is 47.2 Å². The van der Waals surface area contributed by atoms with Gasteiger partial charge in [-0.05, 0) is 43.7 Å². The van der Waals surface area contributed by atoms with Gasteiger partial charge in [0, 0.05) is 50.7 Å². The third kappa shape index (κ3) is 3.92. The molecule has 2 aromatic rings. The molecule has 1 aliphatic heterocycles. The van der Waals surface area contributed by atoms with E-state index in [1.165, 1.54) is 5.56 Å². The second-order valence-electron chi connectivity index (χ2n) is 6.11. The van der Waals surface area contributed by atoms with Crippen molar-refractivity contribution >= 4 is 12.0 Å². The zero-order valence-electron chi connectivity index (χ0n) is 14.2. The molecular weight excluding hydrogens is 302 g/mol. The number of aryl methyl sites for hydroxylation is 1. The van der Waals surface area contributed by atoms with Crippen LogP contribution in [0, 0.1) is 6.92 Å². The molecule has 2 aromatic heterocycles. The van der Waals surface area contributed by atoms with Crippen LogP contribution in [0.5, 0.6) is 0 Å². The minimum Gasteiger partial charge on any atom is -0.462 e. The summed E-state index contributed by atoms with van der Waals surface area (Å²) < 4.78 is 5.45. The Labute approximate surface area is 142 Å². The van der Waals surface area contributed by atoms with Gasteiger partial charge in [0.25, 0.3) is 0 Å². The fourth-order valence-electron chi connectivity index (χ4n) is 2.97. The molecule has 0 spiro atoms. The number of furan rings is 1. The first kappa shape index (κ1) is 16.5. The summed E-state index contributed by atoms with van der Waals surface area (Å²) in [6.45, 7) is 7.30.